The Balaban J connectivity index is 1.64. The molecule has 1 aliphatic carbocycles. The third kappa shape index (κ3) is 7.28. The summed E-state index contributed by atoms with van der Waals surface area (Å²) in [6.45, 7) is 0.577. The maximum absolute atomic E-state index is 13.6. The van der Waals surface area contributed by atoms with Crippen LogP contribution in [0.4, 0.5) is 23.1 Å². The summed E-state index contributed by atoms with van der Waals surface area (Å²) in [5.41, 5.74) is 1.73. The number of hydrogen-bond donors (Lipinski definition) is 2. The second kappa shape index (κ2) is 12.6. The molecule has 2 N–H and O–H groups in total. The van der Waals surface area contributed by atoms with E-state index in [0.717, 1.165) is 15.6 Å². The number of likely N-dealkylation sites (N-methyl/N-ethyl adjacent to an activating group) is 1. The normalized spacial score (nSPS) is 16.7. The Hall–Kier alpha value is -3.39. The summed E-state index contributed by atoms with van der Waals surface area (Å²) >= 11 is 12.1. The molecule has 15 heteroatoms. The van der Waals surface area contributed by atoms with Crippen LogP contribution in [0.1, 0.15) is 12.0 Å². The van der Waals surface area contributed by atoms with Gasteiger partial charge in [0.15, 0.2) is 0 Å². The molecule has 41 heavy (non-hydrogen) atoms. The van der Waals surface area contributed by atoms with Gasteiger partial charge in [-0.05, 0) is 62.5 Å². The van der Waals surface area contributed by atoms with E-state index in [9.17, 15) is 28.2 Å². The number of aromatic nitrogens is 2. The zero-order chi connectivity index (χ0) is 29.9. The second-order valence-corrected chi connectivity index (χ2v) is 12.9. The Labute approximate surface area is 248 Å². The fraction of sp³-hybridized carbons (Fsp3) is 0.385. The first kappa shape index (κ1) is 30.6. The van der Waals surface area contributed by atoms with Crippen LogP contribution >= 0.6 is 23.2 Å². The number of anilines is 4. The average Bonchev–Trinajstić information content (AvgIpc) is 3.32. The summed E-state index contributed by atoms with van der Waals surface area (Å²) in [4.78, 5) is 37.7. The predicted molar refractivity (Wildman–Crippen MR) is 158 cm³/mol. The Kier molecular flexibility index (Phi) is 9.42. The number of hydrogen-bond acceptors (Lipinski definition) is 9. The number of aliphatic carboxylic acids is 2. The zero-order valence-electron chi connectivity index (χ0n) is 22.4. The molecule has 1 aliphatic heterocycles. The molecule has 0 saturated heterocycles. The summed E-state index contributed by atoms with van der Waals surface area (Å²) in [5.74, 6) is -1.45. The van der Waals surface area contributed by atoms with Crippen LogP contribution in [0.3, 0.4) is 0 Å². The van der Waals surface area contributed by atoms with Gasteiger partial charge in [-0.2, -0.15) is 4.98 Å². The number of halogens is 2. The standard InChI is InChI=1S/C26H30Cl2N6O6S/c1-31(2)9-10-32(15-24(35)36)23-5-7-29-26(30-23)33-8-6-17-11-20(3-4-22(17)33)34(16-25(37)38)41(39,40)21-13-18(27)12-19(28)14-21/h3-5,7,11-13,21H,6,8-10,14-16H2,1-2H3,(H,35,36)(H,37,38). The Bertz CT molecular complexity index is 1500. The van der Waals surface area contributed by atoms with Crippen LogP contribution in [-0.4, -0.2) is 97.5 Å². The summed E-state index contributed by atoms with van der Waals surface area (Å²) in [7, 11) is -0.390. The van der Waals surface area contributed by atoms with Gasteiger partial charge in [0.05, 0.1) is 5.69 Å². The van der Waals surface area contributed by atoms with Gasteiger partial charge >= 0.3 is 11.9 Å². The molecule has 0 saturated carbocycles. The molecule has 1 atom stereocenters. The lowest BCUT2D eigenvalue weighted by molar-refractivity contribution is -0.136. The first-order valence-electron chi connectivity index (χ1n) is 12.7. The van der Waals surface area contributed by atoms with Gasteiger partial charge in [0, 0.05) is 48.0 Å². The van der Waals surface area contributed by atoms with Crippen molar-refractivity contribution in [2.24, 2.45) is 0 Å². The minimum Gasteiger partial charge on any atom is -0.480 e. The van der Waals surface area contributed by atoms with E-state index < -0.39 is 33.8 Å². The van der Waals surface area contributed by atoms with Crippen molar-refractivity contribution in [3.63, 3.8) is 0 Å². The minimum atomic E-state index is -4.19. The van der Waals surface area contributed by atoms with Crippen LogP contribution in [-0.2, 0) is 26.0 Å². The first-order chi connectivity index (χ1) is 19.3. The third-order valence-corrected chi connectivity index (χ3v) is 9.11. The fourth-order valence-electron chi connectivity index (χ4n) is 4.65. The van der Waals surface area contributed by atoms with Gasteiger partial charge in [-0.25, -0.2) is 13.4 Å². The van der Waals surface area contributed by atoms with Gasteiger partial charge in [-0.15, -0.1) is 0 Å². The molecule has 2 aliphatic rings. The molecule has 1 aromatic heterocycles. The lowest BCUT2D eigenvalue weighted by Gasteiger charge is -2.28. The summed E-state index contributed by atoms with van der Waals surface area (Å²) in [5, 5.41) is 18.2. The molecule has 12 nitrogen and oxygen atoms in total. The van der Waals surface area contributed by atoms with Crippen molar-refractivity contribution in [2.75, 3.05) is 60.9 Å². The first-order valence-corrected chi connectivity index (χ1v) is 14.9. The average molecular weight is 626 g/mol. The number of benzene rings is 1. The Morgan fingerprint density at radius 3 is 2.49 bits per heavy atom. The summed E-state index contributed by atoms with van der Waals surface area (Å²) in [6.07, 6.45) is 4.89. The highest BCUT2D eigenvalue weighted by Crippen LogP contribution is 2.37. The van der Waals surface area contributed by atoms with Crippen molar-refractivity contribution in [2.45, 2.75) is 18.1 Å². The molecule has 220 valence electrons. The van der Waals surface area contributed by atoms with E-state index in [1.165, 1.54) is 12.2 Å². The van der Waals surface area contributed by atoms with E-state index in [2.05, 4.69) is 9.97 Å². The van der Waals surface area contributed by atoms with E-state index in [-0.39, 0.29) is 28.7 Å². The van der Waals surface area contributed by atoms with Crippen LogP contribution in [0.2, 0.25) is 0 Å². The molecule has 4 rings (SSSR count). The van der Waals surface area contributed by atoms with Crippen molar-refractivity contribution in [3.05, 3.63) is 58.2 Å². The van der Waals surface area contributed by atoms with Crippen molar-refractivity contribution >= 4 is 68.3 Å². The third-order valence-electron chi connectivity index (χ3n) is 6.59. The van der Waals surface area contributed by atoms with Gasteiger partial charge in [-0.3, -0.25) is 13.9 Å². The van der Waals surface area contributed by atoms with Crippen molar-refractivity contribution in [1.82, 2.24) is 14.9 Å². The molecule has 0 fully saturated rings. The molecule has 0 bridgehead atoms. The molecule has 0 radical (unpaired) electrons. The highest BCUT2D eigenvalue weighted by atomic mass is 35.5. The number of fused-ring (bicyclic) bond motifs is 1. The number of sulfonamides is 1. The van der Waals surface area contributed by atoms with Gasteiger partial charge in [0.25, 0.3) is 0 Å². The van der Waals surface area contributed by atoms with Gasteiger partial charge in [-0.1, -0.05) is 23.2 Å². The largest absolute Gasteiger partial charge is 0.480 e. The maximum atomic E-state index is 13.6. The molecule has 2 heterocycles. The predicted octanol–water partition coefficient (Wildman–Crippen LogP) is 2.86. The van der Waals surface area contributed by atoms with Gasteiger partial charge in [0.1, 0.15) is 24.2 Å². The van der Waals surface area contributed by atoms with Gasteiger partial charge in [0.2, 0.25) is 16.0 Å². The molecule has 0 spiro atoms. The van der Waals surface area contributed by atoms with Crippen LogP contribution in [0.25, 0.3) is 0 Å². The van der Waals surface area contributed by atoms with Crippen molar-refractivity contribution in [1.29, 1.82) is 0 Å². The molecular weight excluding hydrogens is 595 g/mol. The number of carboxylic acid groups (broad SMARTS) is 2. The zero-order valence-corrected chi connectivity index (χ0v) is 24.8. The SMILES string of the molecule is CN(C)CCN(CC(=O)O)c1ccnc(N2CCc3cc(N(CC(=O)O)S(=O)(=O)C4C=C(Cl)C=C(Cl)C4)ccc32)n1. The quantitative estimate of drug-likeness (QED) is 0.359. The minimum absolute atomic E-state index is 0.0178. The van der Waals surface area contributed by atoms with E-state index in [0.29, 0.717) is 37.8 Å². The van der Waals surface area contributed by atoms with Crippen molar-refractivity contribution < 1.29 is 28.2 Å². The number of rotatable bonds is 12. The summed E-state index contributed by atoms with van der Waals surface area (Å²) in [6, 6.07) is 6.56. The van der Waals surface area contributed by atoms with E-state index >= 15 is 0 Å². The van der Waals surface area contributed by atoms with Crippen molar-refractivity contribution in [3.8, 4) is 0 Å². The topological polar surface area (TPSA) is 147 Å². The molecular formula is C26H30Cl2N6O6S. The second-order valence-electron chi connectivity index (χ2n) is 9.88. The van der Waals surface area contributed by atoms with E-state index in [1.54, 1.807) is 35.4 Å². The molecule has 2 aromatic rings. The monoisotopic (exact) mass is 624 g/mol. The van der Waals surface area contributed by atoms with E-state index in [1.807, 2.05) is 23.9 Å². The fourth-order valence-corrected chi connectivity index (χ4v) is 7.17. The van der Waals surface area contributed by atoms with Crippen LogP contribution in [0, 0.1) is 0 Å². The number of carboxylic acids is 2. The Morgan fingerprint density at radius 1 is 1.10 bits per heavy atom. The van der Waals surface area contributed by atoms with Gasteiger partial charge < -0.3 is 24.9 Å². The molecule has 0 amide bonds. The smallest absolute Gasteiger partial charge is 0.324 e. The highest BCUT2D eigenvalue weighted by Gasteiger charge is 2.35. The summed E-state index contributed by atoms with van der Waals surface area (Å²) < 4.78 is 28.0. The molecule has 1 aromatic carbocycles. The number of allylic oxidation sites excluding steroid dienone is 3. The maximum Gasteiger partial charge on any atom is 0.324 e. The lowest BCUT2D eigenvalue weighted by Crippen LogP contribution is -2.42. The lowest BCUT2D eigenvalue weighted by atomic mass is 10.1. The van der Waals surface area contributed by atoms with Crippen LogP contribution in [0.15, 0.2) is 52.7 Å². The number of nitrogens with zero attached hydrogens (tertiary/aromatic N) is 6. The van der Waals surface area contributed by atoms with Crippen LogP contribution < -0.4 is 14.1 Å². The number of carbonyl (C=O) groups is 2. The molecule has 1 unspecified atom stereocenters. The Morgan fingerprint density at radius 2 is 1.83 bits per heavy atom. The van der Waals surface area contributed by atoms with Crippen LogP contribution in [0.5, 0.6) is 0 Å². The van der Waals surface area contributed by atoms with E-state index in [4.69, 9.17) is 23.2 Å². The highest BCUT2D eigenvalue weighted by molar-refractivity contribution is 7.93.